The molecule has 0 spiro atoms. The Morgan fingerprint density at radius 2 is 1.96 bits per heavy atom. The van der Waals surface area contributed by atoms with Crippen LogP contribution in [0.15, 0.2) is 31.0 Å². The summed E-state index contributed by atoms with van der Waals surface area (Å²) in [4.78, 5) is 12.2. The number of Topliss-reactive ketones (excluding diaryl/α,β-unsaturated/α-hetero) is 1. The average molecular weight is 398 g/mol. The van der Waals surface area contributed by atoms with Gasteiger partial charge in [-0.25, -0.2) is 0 Å². The summed E-state index contributed by atoms with van der Waals surface area (Å²) in [5.41, 5.74) is -0.712. The van der Waals surface area contributed by atoms with Crippen molar-refractivity contribution in [1.29, 1.82) is 0 Å². The topological polar surface area (TPSA) is 40.5 Å². The van der Waals surface area contributed by atoms with Crippen molar-refractivity contribution in [2.45, 2.75) is 18.8 Å². The number of methoxy groups -OCH3 is 1. The third-order valence-corrected chi connectivity index (χ3v) is 3.80. The fourth-order valence-electron chi connectivity index (χ4n) is 2.39. The smallest absolute Gasteiger partial charge is 0.405 e. The largest absolute Gasteiger partial charge is 0.573 e. The van der Waals surface area contributed by atoms with Gasteiger partial charge in [-0.15, -0.1) is 13.2 Å². The summed E-state index contributed by atoms with van der Waals surface area (Å²) in [7, 11) is 1.38. The minimum Gasteiger partial charge on any atom is -0.405 e. The number of aromatic nitrogens is 1. The molecule has 10 heteroatoms. The Labute approximate surface area is 149 Å². The number of hydrogen-bond acceptors (Lipinski definition) is 3. The highest BCUT2D eigenvalue weighted by molar-refractivity contribution is 6.36. The lowest BCUT2D eigenvalue weighted by Gasteiger charge is -2.13. The second-order valence-electron chi connectivity index (χ2n) is 5.20. The van der Waals surface area contributed by atoms with Crippen molar-refractivity contribution >= 4 is 28.3 Å². The van der Waals surface area contributed by atoms with Crippen LogP contribution < -0.4 is 4.74 Å². The highest BCUT2D eigenvalue weighted by Crippen LogP contribution is 2.40. The molecule has 2 aromatic rings. The summed E-state index contributed by atoms with van der Waals surface area (Å²) < 4.78 is 75.7. The lowest BCUT2D eigenvalue weighted by Crippen LogP contribution is -2.26. The molecule has 0 radical (unpaired) electrons. The molecule has 0 atom stereocenters. The molecule has 2 rings (SSSR count). The van der Waals surface area contributed by atoms with Gasteiger partial charge in [0.05, 0.1) is 28.1 Å². The highest BCUT2D eigenvalue weighted by atomic mass is 35.5. The Balaban J connectivity index is 2.79. The van der Waals surface area contributed by atoms with Crippen LogP contribution in [0.3, 0.4) is 0 Å². The van der Waals surface area contributed by atoms with Crippen LogP contribution in [0, 0.1) is 0 Å². The van der Waals surface area contributed by atoms with Gasteiger partial charge in [0.25, 0.3) is 0 Å². The van der Waals surface area contributed by atoms with Crippen LogP contribution in [-0.2, 0) is 11.3 Å². The van der Waals surface area contributed by atoms with Crippen LogP contribution in [0.1, 0.15) is 10.4 Å². The normalized spacial score (nSPS) is 12.4. The van der Waals surface area contributed by atoms with Crippen LogP contribution in [0.2, 0.25) is 5.02 Å². The zero-order chi connectivity index (χ0) is 19.7. The molecule has 0 N–H and O–H groups in total. The second-order valence-corrected chi connectivity index (χ2v) is 5.61. The number of nitrogens with zero attached hydrogens (tertiary/aromatic N) is 1. The van der Waals surface area contributed by atoms with E-state index in [1.807, 2.05) is 0 Å². The molecule has 0 aliphatic heterocycles. The molecule has 0 saturated carbocycles. The van der Waals surface area contributed by atoms with Crippen molar-refractivity contribution in [3.63, 3.8) is 0 Å². The molecule has 0 fully saturated rings. The van der Waals surface area contributed by atoms with Crippen LogP contribution in [-0.4, -0.2) is 36.4 Å². The first-order valence-corrected chi connectivity index (χ1v) is 7.52. The van der Waals surface area contributed by atoms with E-state index in [2.05, 4.69) is 11.3 Å². The Hall–Kier alpha value is -2.13. The van der Waals surface area contributed by atoms with Gasteiger partial charge in [-0.05, 0) is 18.2 Å². The first-order chi connectivity index (χ1) is 12.0. The number of rotatable bonds is 7. The fraction of sp³-hybridized carbons (Fsp3) is 0.312. The number of hydrogen-bond donors (Lipinski definition) is 0. The van der Waals surface area contributed by atoms with Gasteiger partial charge in [0.2, 0.25) is 5.78 Å². The predicted octanol–water partition coefficient (Wildman–Crippen LogP) is 4.84. The summed E-state index contributed by atoms with van der Waals surface area (Å²) in [5, 5.41) is -0.496. The minimum atomic E-state index is -5.09. The van der Waals surface area contributed by atoms with E-state index in [9.17, 15) is 26.7 Å². The summed E-state index contributed by atoms with van der Waals surface area (Å²) >= 11 is 6.03. The van der Waals surface area contributed by atoms with Crippen molar-refractivity contribution in [1.82, 2.24) is 4.57 Å². The quantitative estimate of drug-likeness (QED) is 0.381. The first kappa shape index (κ1) is 20.2. The number of halogens is 6. The van der Waals surface area contributed by atoms with Crippen molar-refractivity contribution in [2.75, 3.05) is 13.7 Å². The average Bonchev–Trinajstić information content (AvgIpc) is 2.94. The van der Waals surface area contributed by atoms with Crippen molar-refractivity contribution in [3.8, 4) is 5.75 Å². The van der Waals surface area contributed by atoms with E-state index < -0.39 is 34.8 Å². The summed E-state index contributed by atoms with van der Waals surface area (Å²) in [6.45, 7) is 3.05. The van der Waals surface area contributed by atoms with Crippen LogP contribution in [0.25, 0.3) is 10.9 Å². The van der Waals surface area contributed by atoms with E-state index in [1.54, 1.807) is 0 Å². The zero-order valence-electron chi connectivity index (χ0n) is 13.4. The molecule has 0 amide bonds. The number of allylic oxidation sites excluding steroid dienone is 1. The molecule has 1 aromatic heterocycles. The number of carbonyl (C=O) groups excluding carboxylic acids is 1. The number of ether oxygens (including phenoxy) is 2. The van der Waals surface area contributed by atoms with E-state index in [0.717, 1.165) is 18.3 Å². The van der Waals surface area contributed by atoms with Gasteiger partial charge in [0.15, 0.2) is 0 Å². The SMILES string of the molecule is C=CC(F)(F)C(=O)c1cn(CCOC)c2c(Cl)ccc(OC(F)(F)F)c12. The molecule has 26 heavy (non-hydrogen) atoms. The maximum Gasteiger partial charge on any atom is 0.573 e. The second kappa shape index (κ2) is 7.24. The molecule has 4 nitrogen and oxygen atoms in total. The van der Waals surface area contributed by atoms with Gasteiger partial charge in [-0.1, -0.05) is 18.2 Å². The van der Waals surface area contributed by atoms with Crippen LogP contribution in [0.4, 0.5) is 22.0 Å². The van der Waals surface area contributed by atoms with Gasteiger partial charge in [0.1, 0.15) is 5.75 Å². The number of ketones is 1. The number of benzene rings is 1. The maximum absolute atomic E-state index is 13.8. The monoisotopic (exact) mass is 397 g/mol. The molecule has 0 aliphatic carbocycles. The molecule has 1 heterocycles. The lowest BCUT2D eigenvalue weighted by molar-refractivity contribution is -0.274. The van der Waals surface area contributed by atoms with Crippen molar-refractivity contribution < 1.29 is 36.2 Å². The summed E-state index contributed by atoms with van der Waals surface area (Å²) in [6.07, 6.45) is -3.97. The molecule has 1 aromatic carbocycles. The Bertz CT molecular complexity index is 845. The Morgan fingerprint density at radius 1 is 1.31 bits per heavy atom. The maximum atomic E-state index is 13.8. The van der Waals surface area contributed by atoms with E-state index >= 15 is 0 Å². The number of alkyl halides is 5. The summed E-state index contributed by atoms with van der Waals surface area (Å²) in [6, 6.07) is 1.98. The Kier molecular flexibility index (Phi) is 5.62. The molecule has 0 unspecified atom stereocenters. The predicted molar refractivity (Wildman–Crippen MR) is 85.0 cm³/mol. The van der Waals surface area contributed by atoms with E-state index in [0.29, 0.717) is 0 Å². The van der Waals surface area contributed by atoms with Crippen LogP contribution in [0.5, 0.6) is 5.75 Å². The lowest BCUT2D eigenvalue weighted by atomic mass is 10.0. The Morgan fingerprint density at radius 3 is 2.50 bits per heavy atom. The third kappa shape index (κ3) is 3.99. The molecular formula is C16H13ClF5NO3. The van der Waals surface area contributed by atoms with E-state index in [4.69, 9.17) is 16.3 Å². The van der Waals surface area contributed by atoms with E-state index in [1.165, 1.54) is 11.7 Å². The first-order valence-electron chi connectivity index (χ1n) is 7.14. The molecule has 0 aliphatic rings. The number of carbonyl (C=O) groups is 1. The van der Waals surface area contributed by atoms with Gasteiger partial charge in [-0.3, -0.25) is 4.79 Å². The fourth-order valence-corrected chi connectivity index (χ4v) is 2.66. The van der Waals surface area contributed by atoms with Crippen molar-refractivity contribution in [3.05, 3.63) is 41.6 Å². The minimum absolute atomic E-state index is 0.0356. The van der Waals surface area contributed by atoms with Gasteiger partial charge in [0, 0.05) is 19.9 Å². The van der Waals surface area contributed by atoms with Gasteiger partial charge in [-0.2, -0.15) is 8.78 Å². The highest BCUT2D eigenvalue weighted by Gasteiger charge is 2.39. The van der Waals surface area contributed by atoms with Gasteiger partial charge < -0.3 is 14.0 Å². The van der Waals surface area contributed by atoms with Crippen molar-refractivity contribution in [2.24, 2.45) is 0 Å². The molecule has 0 saturated heterocycles. The number of fused-ring (bicyclic) bond motifs is 1. The van der Waals surface area contributed by atoms with Gasteiger partial charge >= 0.3 is 12.3 Å². The molecular weight excluding hydrogens is 385 g/mol. The summed E-state index contributed by atoms with van der Waals surface area (Å²) in [5.74, 6) is -6.50. The van der Waals surface area contributed by atoms with E-state index in [-0.39, 0.29) is 29.8 Å². The molecule has 0 bridgehead atoms. The molecule has 142 valence electrons. The standard InChI is InChI=1S/C16H13ClF5NO3/c1-3-15(18,19)14(24)9-8-23(6-7-25-2)13-10(17)4-5-11(12(9)13)26-16(20,21)22/h3-5,8H,1,6-7H2,2H3. The van der Waals surface area contributed by atoms with Crippen LogP contribution >= 0.6 is 11.6 Å². The third-order valence-electron chi connectivity index (χ3n) is 3.50. The zero-order valence-corrected chi connectivity index (χ0v) is 14.1.